The molecular weight excluding hydrogens is 458 g/mol. The zero-order chi connectivity index (χ0) is 19.8. The van der Waals surface area contributed by atoms with Gasteiger partial charge in [0.1, 0.15) is 10.6 Å². The summed E-state index contributed by atoms with van der Waals surface area (Å²) in [6.07, 6.45) is 0.866. The Hall–Kier alpha value is -1.42. The molecule has 1 N–H and O–H groups in total. The Morgan fingerprint density at radius 2 is 2.00 bits per heavy atom. The van der Waals surface area contributed by atoms with Crippen LogP contribution < -0.4 is 5.32 Å². The number of sulfonamides is 1. The molecule has 2 heterocycles. The first kappa shape index (κ1) is 20.3. The number of hydrogen-bond acceptors (Lipinski definition) is 5. The first-order chi connectivity index (χ1) is 12.7. The first-order valence-electron chi connectivity index (χ1n) is 8.39. The van der Waals surface area contributed by atoms with E-state index in [1.54, 1.807) is 32.0 Å². The topological polar surface area (TPSA) is 92.5 Å². The summed E-state index contributed by atoms with van der Waals surface area (Å²) in [6.45, 7) is 3.71. The molecule has 0 unspecified atom stereocenters. The maximum atomic E-state index is 12.8. The molecule has 27 heavy (non-hydrogen) atoms. The lowest BCUT2D eigenvalue weighted by Crippen LogP contribution is -2.41. The van der Waals surface area contributed by atoms with Crippen molar-refractivity contribution in [3.63, 3.8) is 0 Å². The molecule has 3 rings (SSSR count). The van der Waals surface area contributed by atoms with Crippen molar-refractivity contribution in [1.29, 1.82) is 0 Å². The second-order valence-electron chi connectivity index (χ2n) is 6.45. The number of hydrogen-bond donors (Lipinski definition) is 1. The number of nitrogens with zero attached hydrogens (tertiary/aromatic N) is 2. The molecule has 1 fully saturated rings. The minimum Gasteiger partial charge on any atom is -0.360 e. The van der Waals surface area contributed by atoms with Gasteiger partial charge in [0.05, 0.1) is 10.7 Å². The Kier molecular flexibility index (Phi) is 5.95. The highest BCUT2D eigenvalue weighted by Gasteiger charge is 2.35. The summed E-state index contributed by atoms with van der Waals surface area (Å²) in [5, 5.41) is 6.98. The van der Waals surface area contributed by atoms with Crippen molar-refractivity contribution in [2.45, 2.75) is 31.6 Å². The smallest absolute Gasteiger partial charge is 0.248 e. The van der Waals surface area contributed by atoms with Crippen LogP contribution in [-0.4, -0.2) is 36.9 Å². The number of nitrogens with one attached hydrogen (secondary N) is 1. The predicted molar refractivity (Wildman–Crippen MR) is 105 cm³/mol. The van der Waals surface area contributed by atoms with Gasteiger partial charge in [-0.15, -0.1) is 0 Å². The molecule has 10 heteroatoms. The van der Waals surface area contributed by atoms with Gasteiger partial charge in [-0.1, -0.05) is 32.7 Å². The SMILES string of the molecule is Cc1noc(C)c1S(=O)(=O)N1CCC(C(=O)Nc2ccc(Br)cc2Cl)CC1. The van der Waals surface area contributed by atoms with Crippen LogP contribution in [0.4, 0.5) is 5.69 Å². The summed E-state index contributed by atoms with van der Waals surface area (Å²) < 4.78 is 32.9. The number of amides is 1. The number of aryl methyl sites for hydroxylation is 2. The van der Waals surface area contributed by atoms with Gasteiger partial charge in [0, 0.05) is 23.5 Å². The minimum atomic E-state index is -3.68. The highest BCUT2D eigenvalue weighted by Crippen LogP contribution is 2.30. The van der Waals surface area contributed by atoms with Gasteiger partial charge in [-0.25, -0.2) is 8.42 Å². The summed E-state index contributed by atoms with van der Waals surface area (Å²) >= 11 is 9.46. The molecule has 1 amide bonds. The molecule has 0 atom stereocenters. The van der Waals surface area contributed by atoms with Crippen LogP contribution in [0.15, 0.2) is 32.1 Å². The van der Waals surface area contributed by atoms with E-state index in [1.165, 1.54) is 4.31 Å². The second-order valence-corrected chi connectivity index (χ2v) is 9.64. The maximum absolute atomic E-state index is 12.8. The Labute approximate surface area is 171 Å². The molecule has 146 valence electrons. The summed E-state index contributed by atoms with van der Waals surface area (Å²) in [5.41, 5.74) is 0.882. The fourth-order valence-electron chi connectivity index (χ4n) is 3.16. The van der Waals surface area contributed by atoms with E-state index in [2.05, 4.69) is 26.4 Å². The summed E-state index contributed by atoms with van der Waals surface area (Å²) in [5.74, 6) is -0.160. The largest absolute Gasteiger partial charge is 0.360 e. The summed E-state index contributed by atoms with van der Waals surface area (Å²) in [7, 11) is -3.68. The van der Waals surface area contributed by atoms with E-state index in [0.717, 1.165) is 4.47 Å². The van der Waals surface area contributed by atoms with Crippen LogP contribution in [0, 0.1) is 19.8 Å². The number of carbonyl (C=O) groups is 1. The molecule has 0 bridgehead atoms. The third kappa shape index (κ3) is 4.21. The fraction of sp³-hybridized carbons (Fsp3) is 0.412. The molecule has 1 aliphatic heterocycles. The highest BCUT2D eigenvalue weighted by molar-refractivity contribution is 9.10. The minimum absolute atomic E-state index is 0.118. The standard InChI is InChI=1S/C17H19BrClN3O4S/c1-10-16(11(2)26-21-10)27(24,25)22-7-5-12(6-8-22)17(23)20-15-4-3-13(18)9-14(15)19/h3-4,9,12H,5-8H2,1-2H3,(H,20,23). The molecule has 0 spiro atoms. The van der Waals surface area contributed by atoms with E-state index in [9.17, 15) is 13.2 Å². The number of halogens is 2. The van der Waals surface area contributed by atoms with Gasteiger partial charge in [0.2, 0.25) is 15.9 Å². The van der Waals surface area contributed by atoms with Gasteiger partial charge in [-0.2, -0.15) is 4.31 Å². The van der Waals surface area contributed by atoms with Crippen LogP contribution in [0.3, 0.4) is 0 Å². The second kappa shape index (κ2) is 7.90. The number of anilines is 1. The Morgan fingerprint density at radius 1 is 1.33 bits per heavy atom. The lowest BCUT2D eigenvalue weighted by atomic mass is 9.97. The number of piperidine rings is 1. The Bertz CT molecular complexity index is 949. The molecule has 2 aromatic rings. The maximum Gasteiger partial charge on any atom is 0.248 e. The van der Waals surface area contributed by atoms with Gasteiger partial charge >= 0.3 is 0 Å². The van der Waals surface area contributed by atoms with Gasteiger partial charge in [0.15, 0.2) is 5.76 Å². The third-order valence-corrected chi connectivity index (χ3v) is 7.53. The van der Waals surface area contributed by atoms with Crippen LogP contribution in [-0.2, 0) is 14.8 Å². The van der Waals surface area contributed by atoms with E-state index < -0.39 is 10.0 Å². The summed E-state index contributed by atoms with van der Waals surface area (Å²) in [4.78, 5) is 12.6. The number of rotatable bonds is 4. The summed E-state index contributed by atoms with van der Waals surface area (Å²) in [6, 6.07) is 5.22. The number of carbonyl (C=O) groups excluding carboxylic acids is 1. The molecule has 1 saturated heterocycles. The van der Waals surface area contributed by atoms with Crippen molar-refractivity contribution in [3.8, 4) is 0 Å². The third-order valence-electron chi connectivity index (χ3n) is 4.58. The first-order valence-corrected chi connectivity index (χ1v) is 11.0. The highest BCUT2D eigenvalue weighted by atomic mass is 79.9. The van der Waals surface area contributed by atoms with E-state index in [1.807, 2.05) is 0 Å². The number of aromatic nitrogens is 1. The quantitative estimate of drug-likeness (QED) is 0.725. The average molecular weight is 477 g/mol. The molecular formula is C17H19BrClN3O4S. The molecule has 0 saturated carbocycles. The molecule has 0 radical (unpaired) electrons. The zero-order valence-electron chi connectivity index (χ0n) is 14.8. The monoisotopic (exact) mass is 475 g/mol. The van der Waals surface area contributed by atoms with Crippen molar-refractivity contribution in [2.24, 2.45) is 5.92 Å². The van der Waals surface area contributed by atoms with Crippen LogP contribution in [0.25, 0.3) is 0 Å². The van der Waals surface area contributed by atoms with E-state index in [0.29, 0.717) is 29.2 Å². The van der Waals surface area contributed by atoms with Crippen LogP contribution in [0.2, 0.25) is 5.02 Å². The van der Waals surface area contributed by atoms with Crippen molar-refractivity contribution in [3.05, 3.63) is 39.1 Å². The normalized spacial score (nSPS) is 16.4. The van der Waals surface area contributed by atoms with Crippen LogP contribution in [0.5, 0.6) is 0 Å². The van der Waals surface area contributed by atoms with Crippen LogP contribution >= 0.6 is 27.5 Å². The lowest BCUT2D eigenvalue weighted by molar-refractivity contribution is -0.120. The average Bonchev–Trinajstić information content (AvgIpc) is 2.96. The van der Waals surface area contributed by atoms with Crippen molar-refractivity contribution in [2.75, 3.05) is 18.4 Å². The van der Waals surface area contributed by atoms with Gasteiger partial charge in [-0.3, -0.25) is 4.79 Å². The molecule has 1 aliphatic rings. The fourth-order valence-corrected chi connectivity index (χ4v) is 5.64. The van der Waals surface area contributed by atoms with Crippen molar-refractivity contribution in [1.82, 2.24) is 9.46 Å². The number of benzene rings is 1. The van der Waals surface area contributed by atoms with Crippen molar-refractivity contribution >= 4 is 49.1 Å². The van der Waals surface area contributed by atoms with Gasteiger partial charge in [0.25, 0.3) is 0 Å². The molecule has 1 aromatic heterocycles. The van der Waals surface area contributed by atoms with E-state index >= 15 is 0 Å². The Balaban J connectivity index is 1.65. The Morgan fingerprint density at radius 3 is 2.56 bits per heavy atom. The van der Waals surface area contributed by atoms with E-state index in [4.69, 9.17) is 16.1 Å². The van der Waals surface area contributed by atoms with E-state index in [-0.39, 0.29) is 35.6 Å². The molecule has 7 nitrogen and oxygen atoms in total. The zero-order valence-corrected chi connectivity index (χ0v) is 18.0. The van der Waals surface area contributed by atoms with Crippen LogP contribution in [0.1, 0.15) is 24.3 Å². The van der Waals surface area contributed by atoms with Crippen molar-refractivity contribution < 1.29 is 17.7 Å². The molecule has 0 aliphatic carbocycles. The molecule has 1 aromatic carbocycles. The lowest BCUT2D eigenvalue weighted by Gasteiger charge is -2.30. The predicted octanol–water partition coefficient (Wildman–Crippen LogP) is 3.75. The van der Waals surface area contributed by atoms with Gasteiger partial charge in [-0.05, 0) is 44.9 Å². The van der Waals surface area contributed by atoms with Gasteiger partial charge < -0.3 is 9.84 Å².